The first kappa shape index (κ1) is 30.4. The van der Waals surface area contributed by atoms with Crippen LogP contribution in [0.2, 0.25) is 0 Å². The molecule has 0 spiro atoms. The molecule has 0 unspecified atom stereocenters. The minimum Gasteiger partial charge on any atom is -0.0683 e. The molecule has 36 heavy (non-hydrogen) atoms. The van der Waals surface area contributed by atoms with Crippen LogP contribution in [-0.2, 0) is 0 Å². The molecule has 0 aliphatic heterocycles. The number of rotatable bonds is 0. The standard InChI is InChI=1S/2C14H10.4C2H6/c2*1-3-7-13-11(5-1)9-10-12-6-2-4-8-14(12)13;4*1-2/h2*1-10H;4*1-2H3. The molecule has 0 aliphatic rings. The van der Waals surface area contributed by atoms with E-state index in [9.17, 15) is 0 Å². The van der Waals surface area contributed by atoms with Crippen molar-refractivity contribution in [3.8, 4) is 0 Å². The zero-order chi connectivity index (χ0) is 26.8. The maximum absolute atomic E-state index is 2.18. The number of fused-ring (bicyclic) bond motifs is 6. The molecule has 0 saturated heterocycles. The Bertz CT molecular complexity index is 1190. The fourth-order valence-electron chi connectivity index (χ4n) is 3.91. The van der Waals surface area contributed by atoms with Crippen LogP contribution in [0.5, 0.6) is 0 Å². The average molecular weight is 477 g/mol. The molecule has 0 saturated carbocycles. The Morgan fingerprint density at radius 3 is 0.583 bits per heavy atom. The van der Waals surface area contributed by atoms with Gasteiger partial charge in [-0.05, 0) is 43.1 Å². The van der Waals surface area contributed by atoms with Gasteiger partial charge in [0.2, 0.25) is 0 Å². The SMILES string of the molecule is CC.CC.CC.CC.c1ccc2c(c1)ccc1ccccc12.c1ccc2c(c1)ccc1ccccc12. The summed E-state index contributed by atoms with van der Waals surface area (Å²) in [5, 5.41) is 10.6. The maximum Gasteiger partial charge on any atom is -0.0105 e. The van der Waals surface area contributed by atoms with Crippen LogP contribution in [0.4, 0.5) is 0 Å². The molecule has 0 amide bonds. The molecule has 0 nitrogen and oxygen atoms in total. The molecule has 0 radical (unpaired) electrons. The van der Waals surface area contributed by atoms with Crippen LogP contribution in [0.1, 0.15) is 55.4 Å². The molecule has 0 aromatic heterocycles. The van der Waals surface area contributed by atoms with E-state index in [1.165, 1.54) is 43.1 Å². The number of hydrogen-bond acceptors (Lipinski definition) is 0. The normalized spacial score (nSPS) is 9.11. The van der Waals surface area contributed by atoms with Crippen molar-refractivity contribution in [2.75, 3.05) is 0 Å². The van der Waals surface area contributed by atoms with Crippen molar-refractivity contribution in [1.29, 1.82) is 0 Å². The lowest BCUT2D eigenvalue weighted by molar-refractivity contribution is 1.50. The molecule has 0 fully saturated rings. The van der Waals surface area contributed by atoms with Crippen LogP contribution in [0.25, 0.3) is 43.1 Å². The minimum atomic E-state index is 1.31. The third kappa shape index (κ3) is 7.68. The van der Waals surface area contributed by atoms with E-state index in [4.69, 9.17) is 0 Å². The second-order valence-electron chi connectivity index (χ2n) is 7.02. The molecule has 0 heteroatoms. The van der Waals surface area contributed by atoms with Gasteiger partial charge >= 0.3 is 0 Å². The molecule has 6 aromatic rings. The highest BCUT2D eigenvalue weighted by Gasteiger charge is 1.98. The summed E-state index contributed by atoms with van der Waals surface area (Å²) < 4.78 is 0. The molecular formula is C36H44. The Hall–Kier alpha value is -3.64. The first-order valence-electron chi connectivity index (χ1n) is 13.6. The van der Waals surface area contributed by atoms with Crippen molar-refractivity contribution in [3.63, 3.8) is 0 Å². The van der Waals surface area contributed by atoms with Crippen LogP contribution < -0.4 is 0 Å². The van der Waals surface area contributed by atoms with Gasteiger partial charge in [0, 0.05) is 0 Å². The Kier molecular flexibility index (Phi) is 15.0. The van der Waals surface area contributed by atoms with Gasteiger partial charge in [-0.3, -0.25) is 0 Å². The Balaban J connectivity index is 0.000000283. The van der Waals surface area contributed by atoms with Gasteiger partial charge in [0.25, 0.3) is 0 Å². The summed E-state index contributed by atoms with van der Waals surface area (Å²) in [6.45, 7) is 16.0. The molecule has 6 aromatic carbocycles. The fraction of sp³-hybridized carbons (Fsp3) is 0.222. The van der Waals surface area contributed by atoms with Gasteiger partial charge < -0.3 is 0 Å². The van der Waals surface area contributed by atoms with Gasteiger partial charge in [0.15, 0.2) is 0 Å². The maximum atomic E-state index is 2.18. The predicted octanol–water partition coefficient (Wildman–Crippen LogP) is 12.1. The first-order chi connectivity index (χ1) is 17.9. The van der Waals surface area contributed by atoms with E-state index in [2.05, 4.69) is 121 Å². The Morgan fingerprint density at radius 2 is 0.389 bits per heavy atom. The second kappa shape index (κ2) is 17.7. The van der Waals surface area contributed by atoms with Crippen LogP contribution in [-0.4, -0.2) is 0 Å². The lowest BCUT2D eigenvalue weighted by atomic mass is 10.0. The molecule has 188 valence electrons. The van der Waals surface area contributed by atoms with Crippen LogP contribution in [0.15, 0.2) is 121 Å². The molecule has 0 heterocycles. The third-order valence-corrected chi connectivity index (χ3v) is 5.31. The largest absolute Gasteiger partial charge is 0.0683 e. The van der Waals surface area contributed by atoms with Gasteiger partial charge in [-0.2, -0.15) is 0 Å². The van der Waals surface area contributed by atoms with E-state index < -0.39 is 0 Å². The van der Waals surface area contributed by atoms with Crippen molar-refractivity contribution in [1.82, 2.24) is 0 Å². The molecule has 0 atom stereocenters. The van der Waals surface area contributed by atoms with Crippen LogP contribution in [0.3, 0.4) is 0 Å². The number of hydrogen-bond donors (Lipinski definition) is 0. The Labute approximate surface area is 219 Å². The fourth-order valence-corrected chi connectivity index (χ4v) is 3.91. The molecule has 0 bridgehead atoms. The molecule has 0 aliphatic carbocycles. The van der Waals surface area contributed by atoms with Gasteiger partial charge in [-0.15, -0.1) is 0 Å². The lowest BCUT2D eigenvalue weighted by Gasteiger charge is -2.02. The highest BCUT2D eigenvalue weighted by molar-refractivity contribution is 6.08. The molecular weight excluding hydrogens is 432 g/mol. The van der Waals surface area contributed by atoms with E-state index in [1.54, 1.807) is 0 Å². The van der Waals surface area contributed by atoms with Crippen molar-refractivity contribution in [2.24, 2.45) is 0 Å². The number of benzene rings is 6. The predicted molar refractivity (Wildman–Crippen MR) is 168 cm³/mol. The van der Waals surface area contributed by atoms with Crippen molar-refractivity contribution >= 4 is 43.1 Å². The summed E-state index contributed by atoms with van der Waals surface area (Å²) in [6, 6.07) is 42.7. The average Bonchev–Trinajstić information content (AvgIpc) is 3.01. The van der Waals surface area contributed by atoms with Gasteiger partial charge in [-0.25, -0.2) is 0 Å². The van der Waals surface area contributed by atoms with Gasteiger partial charge in [0.05, 0.1) is 0 Å². The van der Waals surface area contributed by atoms with Crippen molar-refractivity contribution in [2.45, 2.75) is 55.4 Å². The van der Waals surface area contributed by atoms with E-state index in [1.807, 2.05) is 55.4 Å². The van der Waals surface area contributed by atoms with E-state index in [0.29, 0.717) is 0 Å². The van der Waals surface area contributed by atoms with Gasteiger partial charge in [0.1, 0.15) is 0 Å². The van der Waals surface area contributed by atoms with Crippen LogP contribution in [0, 0.1) is 0 Å². The zero-order valence-electron chi connectivity index (χ0n) is 23.5. The summed E-state index contributed by atoms with van der Waals surface area (Å²) in [5.74, 6) is 0. The van der Waals surface area contributed by atoms with E-state index >= 15 is 0 Å². The van der Waals surface area contributed by atoms with Gasteiger partial charge in [-0.1, -0.05) is 177 Å². The lowest BCUT2D eigenvalue weighted by Crippen LogP contribution is -1.75. The summed E-state index contributed by atoms with van der Waals surface area (Å²) in [5.41, 5.74) is 0. The highest BCUT2D eigenvalue weighted by Crippen LogP contribution is 2.25. The van der Waals surface area contributed by atoms with Crippen molar-refractivity contribution in [3.05, 3.63) is 121 Å². The Morgan fingerprint density at radius 1 is 0.222 bits per heavy atom. The summed E-state index contributed by atoms with van der Waals surface area (Å²) in [6.07, 6.45) is 0. The minimum absolute atomic E-state index is 1.31. The van der Waals surface area contributed by atoms with Crippen molar-refractivity contribution < 1.29 is 0 Å². The topological polar surface area (TPSA) is 0 Å². The summed E-state index contributed by atoms with van der Waals surface area (Å²) >= 11 is 0. The van der Waals surface area contributed by atoms with E-state index in [0.717, 1.165) is 0 Å². The van der Waals surface area contributed by atoms with E-state index in [-0.39, 0.29) is 0 Å². The quantitative estimate of drug-likeness (QED) is 0.191. The summed E-state index contributed by atoms with van der Waals surface area (Å²) in [7, 11) is 0. The third-order valence-electron chi connectivity index (χ3n) is 5.31. The van der Waals surface area contributed by atoms with Crippen LogP contribution >= 0.6 is 0 Å². The molecule has 6 rings (SSSR count). The second-order valence-corrected chi connectivity index (χ2v) is 7.02. The zero-order valence-corrected chi connectivity index (χ0v) is 23.5. The summed E-state index contributed by atoms with van der Waals surface area (Å²) in [4.78, 5) is 0. The smallest absolute Gasteiger partial charge is 0.0105 e. The molecule has 0 N–H and O–H groups in total. The highest BCUT2D eigenvalue weighted by atomic mass is 14.0. The monoisotopic (exact) mass is 476 g/mol. The first-order valence-corrected chi connectivity index (χ1v) is 13.6.